The van der Waals surface area contributed by atoms with Crippen LogP contribution in [0.15, 0.2) is 152 Å². The van der Waals surface area contributed by atoms with Crippen LogP contribution in [0.2, 0.25) is 0 Å². The summed E-state index contributed by atoms with van der Waals surface area (Å²) in [5.74, 6) is 4.32. The molecule has 0 saturated heterocycles. The van der Waals surface area contributed by atoms with Crippen molar-refractivity contribution in [3.8, 4) is 33.8 Å². The van der Waals surface area contributed by atoms with Gasteiger partial charge in [-0.1, -0.05) is 153 Å². The number of hydrogen-bond donors (Lipinski definition) is 0. The molecule has 6 aliphatic rings. The number of ether oxygens (including phenoxy) is 1. The molecule has 13 rings (SSSR count). The summed E-state index contributed by atoms with van der Waals surface area (Å²) in [5, 5.41) is 0. The Kier molecular flexibility index (Phi) is 9.88. The zero-order valence-corrected chi connectivity index (χ0v) is 41.8. The largest absolute Gasteiger partial charge is 0.458 e. The lowest BCUT2D eigenvalue weighted by molar-refractivity contribution is 0.000632. The molecule has 0 aromatic heterocycles. The average molecular weight is 891 g/mol. The fourth-order valence-corrected chi connectivity index (χ4v) is 13.5. The van der Waals surface area contributed by atoms with E-state index in [0.29, 0.717) is 0 Å². The van der Waals surface area contributed by atoms with Crippen molar-refractivity contribution >= 4 is 51.5 Å². The Morgan fingerprint density at radius 3 is 1.50 bits per heavy atom. The van der Waals surface area contributed by atoms with E-state index in [4.69, 9.17) is 4.74 Å². The van der Waals surface area contributed by atoms with Gasteiger partial charge in [-0.15, -0.1) is 0 Å². The number of nitrogens with zero attached hydrogens (tertiary/aromatic N) is 2. The molecule has 0 unspecified atom stereocenters. The Hall–Kier alpha value is -6.00. The normalized spacial score (nSPS) is 21.2. The molecule has 7 aromatic carbocycles. The van der Waals surface area contributed by atoms with Crippen LogP contribution in [0.5, 0.6) is 11.5 Å². The molecule has 0 N–H and O–H groups in total. The van der Waals surface area contributed by atoms with Crippen LogP contribution < -0.4 is 30.9 Å². The van der Waals surface area contributed by atoms with Crippen LogP contribution in [-0.2, 0) is 16.2 Å². The number of fused-ring (bicyclic) bond motifs is 4. The van der Waals surface area contributed by atoms with Crippen LogP contribution in [-0.4, -0.2) is 12.3 Å². The van der Waals surface area contributed by atoms with Crippen LogP contribution >= 0.6 is 0 Å². The molecule has 3 nitrogen and oxygen atoms in total. The maximum Gasteiger partial charge on any atom is 0.256 e. The SMILES string of the molecule is CC(C)(C)c1ccc(-c2cc3c4c(c2)N(C25CC6CC(CC(C6)C2)C5)c2ccc(-c5ccccc5)cc2B4c2cc(N(c4ccc(C(C)(C)C)cc4)c4ccc(C(C)(C)C)cc4)ccc2O3)cc1. The lowest BCUT2D eigenvalue weighted by Crippen LogP contribution is -2.66. The van der Waals surface area contributed by atoms with Gasteiger partial charge < -0.3 is 14.5 Å². The summed E-state index contributed by atoms with van der Waals surface area (Å²) in [6.45, 7) is 20.6. The predicted octanol–water partition coefficient (Wildman–Crippen LogP) is 15.4. The minimum atomic E-state index is -0.0294. The van der Waals surface area contributed by atoms with E-state index < -0.39 is 0 Å². The van der Waals surface area contributed by atoms with E-state index in [2.05, 4.69) is 224 Å². The molecule has 4 aliphatic carbocycles. The fraction of sp³-hybridized carbons (Fsp3) is 0.344. The van der Waals surface area contributed by atoms with Gasteiger partial charge in [0.15, 0.2) is 0 Å². The zero-order valence-electron chi connectivity index (χ0n) is 41.8. The first-order valence-corrected chi connectivity index (χ1v) is 25.6. The lowest BCUT2D eigenvalue weighted by atomic mass is 9.33. The first-order valence-electron chi connectivity index (χ1n) is 25.6. The van der Waals surface area contributed by atoms with Crippen LogP contribution in [0, 0.1) is 17.8 Å². The molecule has 2 heterocycles. The summed E-state index contributed by atoms with van der Waals surface area (Å²) < 4.78 is 7.37. The molecular weight excluding hydrogens is 824 g/mol. The van der Waals surface area contributed by atoms with Gasteiger partial charge in [0.05, 0.1) is 0 Å². The number of hydrogen-bond acceptors (Lipinski definition) is 3. The van der Waals surface area contributed by atoms with Gasteiger partial charge in [-0.3, -0.25) is 0 Å². The Morgan fingerprint density at radius 2 is 0.956 bits per heavy atom. The second-order valence-corrected chi connectivity index (χ2v) is 24.5. The van der Waals surface area contributed by atoms with Crippen molar-refractivity contribution in [3.05, 3.63) is 168 Å². The Bertz CT molecular complexity index is 2960. The average Bonchev–Trinajstić information content (AvgIpc) is 3.30. The molecule has 4 saturated carbocycles. The van der Waals surface area contributed by atoms with E-state index in [1.165, 1.54) is 105 Å². The van der Waals surface area contributed by atoms with E-state index in [-0.39, 0.29) is 28.5 Å². The molecule has 0 spiro atoms. The van der Waals surface area contributed by atoms with Gasteiger partial charge in [0.2, 0.25) is 0 Å². The molecule has 7 aromatic rings. The van der Waals surface area contributed by atoms with Gasteiger partial charge in [0.25, 0.3) is 6.71 Å². The maximum atomic E-state index is 7.37. The van der Waals surface area contributed by atoms with Gasteiger partial charge in [0.1, 0.15) is 11.5 Å². The minimum Gasteiger partial charge on any atom is -0.458 e. The monoisotopic (exact) mass is 891 g/mol. The van der Waals surface area contributed by atoms with Crippen molar-refractivity contribution in [1.82, 2.24) is 0 Å². The lowest BCUT2D eigenvalue weighted by Gasteiger charge is -2.62. The quantitative estimate of drug-likeness (QED) is 0.155. The van der Waals surface area contributed by atoms with Gasteiger partial charge in [-0.05, 0) is 189 Å². The highest BCUT2D eigenvalue weighted by molar-refractivity contribution is 6.99. The molecular formula is C64H67BN2O. The predicted molar refractivity (Wildman–Crippen MR) is 289 cm³/mol. The highest BCUT2D eigenvalue weighted by atomic mass is 16.5. The highest BCUT2D eigenvalue weighted by Crippen LogP contribution is 2.61. The van der Waals surface area contributed by atoms with Gasteiger partial charge in [-0.25, -0.2) is 0 Å². The summed E-state index contributed by atoms with van der Waals surface area (Å²) >= 11 is 0. The Morgan fingerprint density at radius 1 is 0.456 bits per heavy atom. The molecule has 2 aliphatic heterocycles. The van der Waals surface area contributed by atoms with E-state index in [0.717, 1.165) is 46.3 Å². The Labute approximate surface area is 406 Å². The highest BCUT2D eigenvalue weighted by Gasteiger charge is 2.57. The molecule has 0 amide bonds. The topological polar surface area (TPSA) is 15.7 Å². The van der Waals surface area contributed by atoms with Gasteiger partial charge in [-0.2, -0.15) is 0 Å². The standard InChI is InChI=1S/C64H67BN2O/c1-61(2,3)48-18-15-45(16-19-48)47-35-57-60-59(36-47)68-58-30-28-53(66(51-24-20-49(21-25-51)62(4,5)6)52-26-22-50(23-27-52)63(7,8)9)37-55(58)65(60)54-34-46(44-13-11-10-12-14-44)17-29-56(54)67(57)64-38-41-31-42(39-64)33-43(32-41)40-64/h10-30,34-37,41-43H,31-33,38-40H2,1-9H3. The summed E-state index contributed by atoms with van der Waals surface area (Å²) in [4.78, 5) is 5.35. The van der Waals surface area contributed by atoms with Gasteiger partial charge in [0, 0.05) is 34.0 Å². The van der Waals surface area contributed by atoms with Crippen molar-refractivity contribution in [3.63, 3.8) is 0 Å². The third-order valence-electron chi connectivity index (χ3n) is 16.7. The first-order chi connectivity index (χ1) is 32.5. The number of anilines is 5. The van der Waals surface area contributed by atoms with Crippen molar-refractivity contribution in [2.45, 2.75) is 123 Å². The molecule has 68 heavy (non-hydrogen) atoms. The van der Waals surface area contributed by atoms with E-state index >= 15 is 0 Å². The van der Waals surface area contributed by atoms with Crippen molar-refractivity contribution < 1.29 is 4.74 Å². The van der Waals surface area contributed by atoms with E-state index in [1.807, 2.05) is 0 Å². The first kappa shape index (κ1) is 43.3. The van der Waals surface area contributed by atoms with Crippen molar-refractivity contribution in [2.75, 3.05) is 9.80 Å². The molecule has 4 fully saturated rings. The van der Waals surface area contributed by atoms with E-state index in [1.54, 1.807) is 0 Å². The molecule has 4 heteroatoms. The molecule has 0 radical (unpaired) electrons. The number of rotatable bonds is 6. The van der Waals surface area contributed by atoms with E-state index in [9.17, 15) is 0 Å². The van der Waals surface area contributed by atoms with Crippen LogP contribution in [0.3, 0.4) is 0 Å². The second-order valence-electron chi connectivity index (χ2n) is 24.5. The van der Waals surface area contributed by atoms with Crippen LogP contribution in [0.25, 0.3) is 22.3 Å². The molecule has 342 valence electrons. The van der Waals surface area contributed by atoms with Crippen LogP contribution in [0.4, 0.5) is 28.4 Å². The fourth-order valence-electron chi connectivity index (χ4n) is 13.5. The Balaban J connectivity index is 1.08. The molecule has 0 atom stereocenters. The van der Waals surface area contributed by atoms with Crippen molar-refractivity contribution in [2.24, 2.45) is 17.8 Å². The second kappa shape index (κ2) is 15.5. The number of benzene rings is 7. The maximum absolute atomic E-state index is 7.37. The third kappa shape index (κ3) is 7.31. The third-order valence-corrected chi connectivity index (χ3v) is 16.7. The summed E-state index contributed by atoms with van der Waals surface area (Å²) in [5.41, 5.74) is 19.3. The minimum absolute atomic E-state index is 0.0294. The summed E-state index contributed by atoms with van der Waals surface area (Å²) in [6.07, 6.45) is 8.01. The van der Waals surface area contributed by atoms with Crippen LogP contribution in [0.1, 0.15) is 118 Å². The smallest absolute Gasteiger partial charge is 0.256 e. The summed E-state index contributed by atoms with van der Waals surface area (Å²) in [7, 11) is 0. The summed E-state index contributed by atoms with van der Waals surface area (Å²) in [6, 6.07) is 58.2. The van der Waals surface area contributed by atoms with Gasteiger partial charge >= 0.3 is 0 Å². The zero-order chi connectivity index (χ0) is 46.9. The van der Waals surface area contributed by atoms with Crippen molar-refractivity contribution in [1.29, 1.82) is 0 Å². The molecule has 4 bridgehead atoms.